The average Bonchev–Trinajstić information content (AvgIpc) is 2.61. The summed E-state index contributed by atoms with van der Waals surface area (Å²) in [5.74, 6) is 0.176. The predicted octanol–water partition coefficient (Wildman–Crippen LogP) is 4.59. The zero-order chi connectivity index (χ0) is 18.2. The van der Waals surface area contributed by atoms with Crippen LogP contribution in [0.2, 0.25) is 0 Å². The summed E-state index contributed by atoms with van der Waals surface area (Å²) in [6, 6.07) is 13.2. The standard InChI is InChI=1S/C21H26O4/c1-4-5-12-25-18-9-6-16(7-10-18)14-19(21(22)23)17-8-11-20(24-3)15(2)13-17/h6-11,13,19H,4-5,12,14H2,1-3H3,(H,22,23). The van der Waals surface area contributed by atoms with Gasteiger partial charge in [-0.15, -0.1) is 0 Å². The third-order valence-electron chi connectivity index (χ3n) is 4.25. The Morgan fingerprint density at radius 2 is 1.88 bits per heavy atom. The Morgan fingerprint density at radius 3 is 2.44 bits per heavy atom. The lowest BCUT2D eigenvalue weighted by Crippen LogP contribution is -2.14. The molecule has 0 saturated heterocycles. The van der Waals surface area contributed by atoms with Crippen LogP contribution in [-0.2, 0) is 11.2 Å². The second-order valence-corrected chi connectivity index (χ2v) is 6.17. The van der Waals surface area contributed by atoms with E-state index in [0.717, 1.165) is 41.0 Å². The smallest absolute Gasteiger partial charge is 0.311 e. The summed E-state index contributed by atoms with van der Waals surface area (Å²) in [7, 11) is 1.61. The fourth-order valence-electron chi connectivity index (χ4n) is 2.76. The second-order valence-electron chi connectivity index (χ2n) is 6.17. The average molecular weight is 342 g/mol. The first-order valence-corrected chi connectivity index (χ1v) is 8.64. The summed E-state index contributed by atoms with van der Waals surface area (Å²) >= 11 is 0. The van der Waals surface area contributed by atoms with Gasteiger partial charge in [0.25, 0.3) is 0 Å². The van der Waals surface area contributed by atoms with Crippen LogP contribution < -0.4 is 9.47 Å². The van der Waals surface area contributed by atoms with Gasteiger partial charge < -0.3 is 14.6 Å². The van der Waals surface area contributed by atoms with Gasteiger partial charge in [-0.3, -0.25) is 4.79 Å². The number of benzene rings is 2. The summed E-state index contributed by atoms with van der Waals surface area (Å²) in [5, 5.41) is 9.65. The highest BCUT2D eigenvalue weighted by Gasteiger charge is 2.21. The van der Waals surface area contributed by atoms with E-state index >= 15 is 0 Å². The first-order valence-electron chi connectivity index (χ1n) is 8.64. The highest BCUT2D eigenvalue weighted by Crippen LogP contribution is 2.27. The lowest BCUT2D eigenvalue weighted by atomic mass is 9.91. The van der Waals surface area contributed by atoms with Crippen LogP contribution in [0.15, 0.2) is 42.5 Å². The van der Waals surface area contributed by atoms with Gasteiger partial charge in [0.05, 0.1) is 19.6 Å². The molecule has 25 heavy (non-hydrogen) atoms. The van der Waals surface area contributed by atoms with E-state index in [1.165, 1.54) is 0 Å². The van der Waals surface area contributed by atoms with Gasteiger partial charge in [-0.2, -0.15) is 0 Å². The van der Waals surface area contributed by atoms with Crippen LogP contribution in [0.1, 0.15) is 42.4 Å². The highest BCUT2D eigenvalue weighted by atomic mass is 16.5. The van der Waals surface area contributed by atoms with Gasteiger partial charge in [0.2, 0.25) is 0 Å². The molecule has 1 unspecified atom stereocenters. The van der Waals surface area contributed by atoms with E-state index in [1.807, 2.05) is 49.4 Å². The van der Waals surface area contributed by atoms with E-state index in [1.54, 1.807) is 7.11 Å². The monoisotopic (exact) mass is 342 g/mol. The summed E-state index contributed by atoms with van der Waals surface area (Å²) in [6.45, 7) is 4.75. The lowest BCUT2D eigenvalue weighted by Gasteiger charge is -2.15. The van der Waals surface area contributed by atoms with Crippen molar-refractivity contribution in [2.24, 2.45) is 0 Å². The molecule has 4 nitrogen and oxygen atoms in total. The largest absolute Gasteiger partial charge is 0.496 e. The number of unbranched alkanes of at least 4 members (excludes halogenated alkanes) is 1. The van der Waals surface area contributed by atoms with Crippen molar-refractivity contribution in [1.82, 2.24) is 0 Å². The van der Waals surface area contributed by atoms with Gasteiger partial charge in [0, 0.05) is 0 Å². The normalized spacial score (nSPS) is 11.8. The molecule has 0 aliphatic rings. The van der Waals surface area contributed by atoms with Crippen LogP contribution in [0.4, 0.5) is 0 Å². The molecule has 1 N–H and O–H groups in total. The van der Waals surface area contributed by atoms with Crippen molar-refractivity contribution in [3.05, 3.63) is 59.2 Å². The van der Waals surface area contributed by atoms with Crippen molar-refractivity contribution in [2.45, 2.75) is 39.0 Å². The molecule has 2 rings (SSSR count). The van der Waals surface area contributed by atoms with Crippen LogP contribution in [0.3, 0.4) is 0 Å². The van der Waals surface area contributed by atoms with Crippen LogP contribution in [0.5, 0.6) is 11.5 Å². The lowest BCUT2D eigenvalue weighted by molar-refractivity contribution is -0.138. The molecule has 0 aromatic heterocycles. The number of hydrogen-bond acceptors (Lipinski definition) is 3. The van der Waals surface area contributed by atoms with E-state index in [2.05, 4.69) is 6.92 Å². The molecule has 0 amide bonds. The molecule has 4 heteroatoms. The number of carboxylic acids is 1. The molecule has 2 aromatic rings. The molecule has 134 valence electrons. The molecule has 2 aromatic carbocycles. The van der Waals surface area contributed by atoms with Crippen molar-refractivity contribution < 1.29 is 19.4 Å². The van der Waals surface area contributed by atoms with E-state index in [9.17, 15) is 9.90 Å². The van der Waals surface area contributed by atoms with Crippen molar-refractivity contribution in [3.8, 4) is 11.5 Å². The minimum absolute atomic E-state index is 0.441. The number of aryl methyl sites for hydroxylation is 1. The molecule has 0 fully saturated rings. The number of methoxy groups -OCH3 is 1. The van der Waals surface area contributed by atoms with Gasteiger partial charge in [0.1, 0.15) is 11.5 Å². The zero-order valence-corrected chi connectivity index (χ0v) is 15.1. The summed E-state index contributed by atoms with van der Waals surface area (Å²) in [4.78, 5) is 11.8. The van der Waals surface area contributed by atoms with Crippen molar-refractivity contribution in [1.29, 1.82) is 0 Å². The van der Waals surface area contributed by atoms with Gasteiger partial charge in [0.15, 0.2) is 0 Å². The highest BCUT2D eigenvalue weighted by molar-refractivity contribution is 5.76. The molecule has 0 radical (unpaired) electrons. The van der Waals surface area contributed by atoms with E-state index in [0.29, 0.717) is 13.0 Å². The van der Waals surface area contributed by atoms with Crippen molar-refractivity contribution >= 4 is 5.97 Å². The summed E-state index contributed by atoms with van der Waals surface area (Å²) in [5.41, 5.74) is 2.70. The molecule has 0 bridgehead atoms. The SMILES string of the molecule is CCCCOc1ccc(CC(C(=O)O)c2ccc(OC)c(C)c2)cc1. The third-order valence-corrected chi connectivity index (χ3v) is 4.25. The van der Waals surface area contributed by atoms with E-state index < -0.39 is 11.9 Å². The van der Waals surface area contributed by atoms with Crippen LogP contribution in [0.25, 0.3) is 0 Å². The first kappa shape index (κ1) is 18.8. The third kappa shape index (κ3) is 5.24. The molecular formula is C21H26O4. The molecule has 0 aliphatic carbocycles. The fraction of sp³-hybridized carbons (Fsp3) is 0.381. The van der Waals surface area contributed by atoms with Crippen LogP contribution >= 0.6 is 0 Å². The quantitative estimate of drug-likeness (QED) is 0.677. The number of carbonyl (C=O) groups is 1. The fourth-order valence-corrected chi connectivity index (χ4v) is 2.76. The van der Waals surface area contributed by atoms with Gasteiger partial charge in [-0.1, -0.05) is 37.6 Å². The van der Waals surface area contributed by atoms with E-state index in [-0.39, 0.29) is 0 Å². The maximum Gasteiger partial charge on any atom is 0.311 e. The Balaban J connectivity index is 2.11. The zero-order valence-electron chi connectivity index (χ0n) is 15.1. The van der Waals surface area contributed by atoms with Crippen molar-refractivity contribution in [2.75, 3.05) is 13.7 Å². The van der Waals surface area contributed by atoms with E-state index in [4.69, 9.17) is 9.47 Å². The van der Waals surface area contributed by atoms with Gasteiger partial charge in [-0.25, -0.2) is 0 Å². The number of carboxylic acid groups (broad SMARTS) is 1. The number of ether oxygens (including phenoxy) is 2. The molecule has 0 heterocycles. The minimum atomic E-state index is -0.826. The number of rotatable bonds is 9. The Labute approximate surface area is 149 Å². The summed E-state index contributed by atoms with van der Waals surface area (Å²) in [6.07, 6.45) is 2.57. The van der Waals surface area contributed by atoms with Crippen molar-refractivity contribution in [3.63, 3.8) is 0 Å². The molecule has 0 spiro atoms. The van der Waals surface area contributed by atoms with Gasteiger partial charge in [-0.05, 0) is 54.7 Å². The second kappa shape index (κ2) is 9.11. The molecular weight excluding hydrogens is 316 g/mol. The molecule has 1 atom stereocenters. The Bertz CT molecular complexity index is 692. The predicted molar refractivity (Wildman–Crippen MR) is 98.7 cm³/mol. The Morgan fingerprint density at radius 1 is 1.16 bits per heavy atom. The minimum Gasteiger partial charge on any atom is -0.496 e. The number of hydrogen-bond donors (Lipinski definition) is 1. The van der Waals surface area contributed by atoms with Gasteiger partial charge >= 0.3 is 5.97 Å². The summed E-state index contributed by atoms with van der Waals surface area (Å²) < 4.78 is 10.9. The van der Waals surface area contributed by atoms with Crippen LogP contribution in [-0.4, -0.2) is 24.8 Å². The first-order chi connectivity index (χ1) is 12.0. The number of aliphatic carboxylic acids is 1. The maximum atomic E-state index is 11.8. The topological polar surface area (TPSA) is 55.8 Å². The molecule has 0 saturated carbocycles. The Hall–Kier alpha value is -2.49. The Kier molecular flexibility index (Phi) is 6.87. The molecule has 0 aliphatic heterocycles. The van der Waals surface area contributed by atoms with Crippen LogP contribution in [0, 0.1) is 6.92 Å². The maximum absolute atomic E-state index is 11.8.